The summed E-state index contributed by atoms with van der Waals surface area (Å²) in [5, 5.41) is 0. The van der Waals surface area contributed by atoms with E-state index in [1.165, 1.54) is 4.31 Å². The fraction of sp³-hybridized carbons (Fsp3) is 0.478. The Morgan fingerprint density at radius 2 is 1.94 bits per heavy atom. The number of carbonyl (C=O) groups is 1. The highest BCUT2D eigenvalue weighted by molar-refractivity contribution is 7.89. The van der Waals surface area contributed by atoms with Crippen LogP contribution in [0.3, 0.4) is 0 Å². The third-order valence-electron chi connectivity index (χ3n) is 5.90. The van der Waals surface area contributed by atoms with Gasteiger partial charge in [-0.2, -0.15) is 4.31 Å². The summed E-state index contributed by atoms with van der Waals surface area (Å²) in [4.78, 5) is 19.2. The van der Waals surface area contributed by atoms with Gasteiger partial charge in [0.25, 0.3) is 0 Å². The largest absolute Gasteiger partial charge is 0.464 e. The van der Waals surface area contributed by atoms with Gasteiger partial charge in [0.15, 0.2) is 0 Å². The number of aromatic nitrogens is 2. The summed E-state index contributed by atoms with van der Waals surface area (Å²) in [5.74, 6) is 2.33. The molecule has 2 aromatic heterocycles. The second kappa shape index (κ2) is 9.66. The Morgan fingerprint density at radius 3 is 2.61 bits per heavy atom. The first-order valence-electron chi connectivity index (χ1n) is 11.2. The summed E-state index contributed by atoms with van der Waals surface area (Å²) in [7, 11) is -1.84. The number of morpholine rings is 1. The van der Waals surface area contributed by atoms with E-state index in [1.54, 1.807) is 30.1 Å². The van der Waals surface area contributed by atoms with Gasteiger partial charge in [-0.15, -0.1) is 0 Å². The van der Waals surface area contributed by atoms with Crippen LogP contribution in [0.2, 0.25) is 0 Å². The Labute approximate surface area is 194 Å². The highest BCUT2D eigenvalue weighted by atomic mass is 32.2. The van der Waals surface area contributed by atoms with E-state index in [0.717, 1.165) is 22.9 Å². The van der Waals surface area contributed by atoms with Crippen molar-refractivity contribution in [3.05, 3.63) is 47.7 Å². The highest BCUT2D eigenvalue weighted by Gasteiger charge is 2.27. The number of rotatable bonds is 8. The molecule has 1 aromatic carbocycles. The molecule has 33 heavy (non-hydrogen) atoms. The molecule has 0 unspecified atom stereocenters. The van der Waals surface area contributed by atoms with Crippen LogP contribution in [-0.2, 0) is 39.1 Å². The van der Waals surface area contributed by atoms with Gasteiger partial charge >= 0.3 is 0 Å². The third kappa shape index (κ3) is 4.97. The number of hydrogen-bond acceptors (Lipinski definition) is 6. The van der Waals surface area contributed by atoms with E-state index in [9.17, 15) is 13.2 Å². The second-order valence-corrected chi connectivity index (χ2v) is 10.1. The molecule has 0 spiro atoms. The summed E-state index contributed by atoms with van der Waals surface area (Å²) in [5.41, 5.74) is 1.48. The maximum absolute atomic E-state index is 13.0. The molecule has 1 fully saturated rings. The lowest BCUT2D eigenvalue weighted by Gasteiger charge is -2.26. The van der Waals surface area contributed by atoms with E-state index in [4.69, 9.17) is 9.15 Å². The zero-order valence-electron chi connectivity index (χ0n) is 19.3. The number of nitrogens with zero attached hydrogens (tertiary/aromatic N) is 4. The molecule has 178 valence electrons. The van der Waals surface area contributed by atoms with Crippen LogP contribution >= 0.6 is 0 Å². The molecule has 9 nitrogen and oxygen atoms in total. The number of aryl methyl sites for hydroxylation is 3. The van der Waals surface area contributed by atoms with Gasteiger partial charge in [-0.25, -0.2) is 13.4 Å². The zero-order valence-corrected chi connectivity index (χ0v) is 20.1. The van der Waals surface area contributed by atoms with Crippen molar-refractivity contribution in [2.75, 3.05) is 33.4 Å². The molecule has 0 atom stereocenters. The average Bonchev–Trinajstić information content (AvgIpc) is 3.39. The maximum atomic E-state index is 13.0. The number of hydrogen-bond donors (Lipinski definition) is 0. The van der Waals surface area contributed by atoms with E-state index in [1.807, 2.05) is 30.5 Å². The van der Waals surface area contributed by atoms with Crippen LogP contribution in [0.5, 0.6) is 0 Å². The van der Waals surface area contributed by atoms with Crippen LogP contribution in [0.4, 0.5) is 0 Å². The number of furan rings is 1. The van der Waals surface area contributed by atoms with Crippen molar-refractivity contribution < 1.29 is 22.4 Å². The molecule has 0 saturated carbocycles. The molecular formula is C23H30N4O5S. The molecule has 3 heterocycles. The first-order valence-corrected chi connectivity index (χ1v) is 12.6. The predicted molar refractivity (Wildman–Crippen MR) is 123 cm³/mol. The topological polar surface area (TPSA) is 97.9 Å². The van der Waals surface area contributed by atoms with Gasteiger partial charge < -0.3 is 18.6 Å². The number of benzene rings is 1. The lowest BCUT2D eigenvalue weighted by Crippen LogP contribution is -2.40. The average molecular weight is 475 g/mol. The SMILES string of the molecule is CCn1c(CCC(=O)N(C)Cc2ccc(C)o2)nc2cc(S(=O)(=O)N3CCOCC3)ccc21. The summed E-state index contributed by atoms with van der Waals surface area (Å²) in [6, 6.07) is 8.82. The van der Waals surface area contributed by atoms with E-state index >= 15 is 0 Å². The maximum Gasteiger partial charge on any atom is 0.243 e. The standard InChI is InChI=1S/C23H30N4O5S/c1-4-27-21-8-7-19(33(29,30)26-11-13-31-14-12-26)15-20(21)24-22(27)9-10-23(28)25(3)16-18-6-5-17(2)32-18/h5-8,15H,4,9-14,16H2,1-3H3. The molecule has 0 aliphatic carbocycles. The lowest BCUT2D eigenvalue weighted by atomic mass is 10.2. The Kier molecular flexibility index (Phi) is 6.87. The molecule has 4 rings (SSSR count). The van der Waals surface area contributed by atoms with Gasteiger partial charge in [0.2, 0.25) is 15.9 Å². The summed E-state index contributed by atoms with van der Waals surface area (Å²) in [6.45, 7) is 6.48. The van der Waals surface area contributed by atoms with E-state index in [0.29, 0.717) is 57.8 Å². The first kappa shape index (κ1) is 23.5. The summed E-state index contributed by atoms with van der Waals surface area (Å²) >= 11 is 0. The van der Waals surface area contributed by atoms with E-state index < -0.39 is 10.0 Å². The molecule has 1 amide bonds. The number of amides is 1. The Bertz CT molecular complexity index is 1240. The summed E-state index contributed by atoms with van der Waals surface area (Å²) < 4.78 is 40.3. The minimum absolute atomic E-state index is 0.00523. The van der Waals surface area contributed by atoms with Crippen molar-refractivity contribution in [3.63, 3.8) is 0 Å². The number of fused-ring (bicyclic) bond motifs is 1. The second-order valence-electron chi connectivity index (χ2n) is 8.20. The molecule has 1 aliphatic rings. The number of ether oxygens (including phenoxy) is 1. The minimum Gasteiger partial charge on any atom is -0.464 e. The number of carbonyl (C=O) groups excluding carboxylic acids is 1. The van der Waals surface area contributed by atoms with Crippen molar-refractivity contribution in [1.82, 2.24) is 18.8 Å². The minimum atomic E-state index is -3.59. The fourth-order valence-electron chi connectivity index (χ4n) is 4.10. The van der Waals surface area contributed by atoms with Crippen LogP contribution < -0.4 is 0 Å². The molecule has 10 heteroatoms. The monoisotopic (exact) mass is 474 g/mol. The van der Waals surface area contributed by atoms with Crippen molar-refractivity contribution >= 4 is 27.0 Å². The predicted octanol–water partition coefficient (Wildman–Crippen LogP) is 2.57. The van der Waals surface area contributed by atoms with Crippen molar-refractivity contribution in [2.45, 2.75) is 44.7 Å². The molecule has 0 radical (unpaired) electrons. The Morgan fingerprint density at radius 1 is 1.18 bits per heavy atom. The molecule has 3 aromatic rings. The van der Waals surface area contributed by atoms with Gasteiger partial charge in [-0.05, 0) is 44.2 Å². The van der Waals surface area contributed by atoms with Crippen molar-refractivity contribution in [2.24, 2.45) is 0 Å². The number of imidazole rings is 1. The van der Waals surface area contributed by atoms with E-state index in [-0.39, 0.29) is 10.8 Å². The summed E-state index contributed by atoms with van der Waals surface area (Å²) in [6.07, 6.45) is 0.771. The van der Waals surface area contributed by atoms with Gasteiger partial charge in [-0.3, -0.25) is 4.79 Å². The van der Waals surface area contributed by atoms with Gasteiger partial charge in [-0.1, -0.05) is 0 Å². The lowest BCUT2D eigenvalue weighted by molar-refractivity contribution is -0.130. The van der Waals surface area contributed by atoms with Crippen molar-refractivity contribution in [1.29, 1.82) is 0 Å². The molecule has 0 bridgehead atoms. The highest BCUT2D eigenvalue weighted by Crippen LogP contribution is 2.24. The Hall–Kier alpha value is -2.69. The quantitative estimate of drug-likeness (QED) is 0.498. The van der Waals surface area contributed by atoms with Crippen LogP contribution in [0.25, 0.3) is 11.0 Å². The van der Waals surface area contributed by atoms with Crippen LogP contribution in [0.1, 0.15) is 30.7 Å². The van der Waals surface area contributed by atoms with Crippen LogP contribution in [-0.4, -0.2) is 66.4 Å². The first-order chi connectivity index (χ1) is 15.8. The molecule has 1 saturated heterocycles. The molecule has 1 aliphatic heterocycles. The molecular weight excluding hydrogens is 444 g/mol. The van der Waals surface area contributed by atoms with Crippen LogP contribution in [0.15, 0.2) is 39.6 Å². The fourth-order valence-corrected chi connectivity index (χ4v) is 5.53. The van der Waals surface area contributed by atoms with E-state index in [2.05, 4.69) is 4.98 Å². The smallest absolute Gasteiger partial charge is 0.243 e. The molecule has 0 N–H and O–H groups in total. The third-order valence-corrected chi connectivity index (χ3v) is 7.79. The van der Waals surface area contributed by atoms with Crippen LogP contribution in [0, 0.1) is 6.92 Å². The Balaban J connectivity index is 1.50. The normalized spacial score (nSPS) is 15.2. The van der Waals surface area contributed by atoms with Gasteiger partial charge in [0.05, 0.1) is 35.7 Å². The van der Waals surface area contributed by atoms with Gasteiger partial charge in [0, 0.05) is 39.5 Å². The van der Waals surface area contributed by atoms with Gasteiger partial charge in [0.1, 0.15) is 17.3 Å². The van der Waals surface area contributed by atoms with Crippen molar-refractivity contribution in [3.8, 4) is 0 Å². The number of sulfonamides is 1. The zero-order chi connectivity index (χ0) is 23.6.